The number of hydrogen-bond donors (Lipinski definition) is 0. The molecule has 4 heteroatoms. The quantitative estimate of drug-likeness (QED) is 0.528. The first-order valence-corrected chi connectivity index (χ1v) is 8.09. The number of thioether (sulfide) groups is 1. The van der Waals surface area contributed by atoms with Crippen LogP contribution in [0.15, 0.2) is 45.7 Å². The third kappa shape index (κ3) is 2.51. The second kappa shape index (κ2) is 5.82. The first-order chi connectivity index (χ1) is 10.2. The highest BCUT2D eigenvalue weighted by Crippen LogP contribution is 2.38. The molecule has 108 valence electrons. The highest BCUT2D eigenvalue weighted by molar-refractivity contribution is 7.98. The standard InChI is InChI=1S/C17H16O3S/c1-3-19-15(18)10-14-17(21-2)16-12-7-5-4-6-11(12)8-9-13(16)20-14/h4-9H,3,10H2,1-2H3. The minimum atomic E-state index is -0.254. The number of hydrogen-bond acceptors (Lipinski definition) is 4. The lowest BCUT2D eigenvalue weighted by atomic mass is 10.1. The Hall–Kier alpha value is -1.94. The molecule has 21 heavy (non-hydrogen) atoms. The van der Waals surface area contributed by atoms with Gasteiger partial charge in [0.2, 0.25) is 0 Å². The van der Waals surface area contributed by atoms with Gasteiger partial charge in [-0.3, -0.25) is 4.79 Å². The highest BCUT2D eigenvalue weighted by Gasteiger charge is 2.18. The molecule has 3 aromatic rings. The number of esters is 1. The molecule has 0 aliphatic heterocycles. The number of carbonyl (C=O) groups is 1. The van der Waals surface area contributed by atoms with Crippen molar-refractivity contribution >= 4 is 39.5 Å². The zero-order valence-electron chi connectivity index (χ0n) is 12.0. The summed E-state index contributed by atoms with van der Waals surface area (Å²) in [6.07, 6.45) is 2.17. The maximum atomic E-state index is 11.7. The Labute approximate surface area is 127 Å². The second-order valence-corrected chi connectivity index (χ2v) is 5.52. The predicted octanol–water partition coefficient (Wildman–Crippen LogP) is 4.41. The van der Waals surface area contributed by atoms with Gasteiger partial charge in [-0.05, 0) is 30.0 Å². The Morgan fingerprint density at radius 2 is 2.05 bits per heavy atom. The van der Waals surface area contributed by atoms with Crippen LogP contribution in [0, 0.1) is 0 Å². The average molecular weight is 300 g/mol. The summed E-state index contributed by atoms with van der Waals surface area (Å²) >= 11 is 1.60. The fraction of sp³-hybridized carbons (Fsp3) is 0.235. The molecule has 0 unspecified atom stereocenters. The van der Waals surface area contributed by atoms with Crippen molar-refractivity contribution in [1.82, 2.24) is 0 Å². The van der Waals surface area contributed by atoms with E-state index < -0.39 is 0 Å². The van der Waals surface area contributed by atoms with E-state index in [1.165, 1.54) is 5.39 Å². The Bertz CT molecular complexity index is 804. The van der Waals surface area contributed by atoms with Crippen molar-refractivity contribution in [1.29, 1.82) is 0 Å². The van der Waals surface area contributed by atoms with Crippen molar-refractivity contribution in [3.63, 3.8) is 0 Å². The van der Waals surface area contributed by atoms with Gasteiger partial charge in [-0.2, -0.15) is 0 Å². The molecule has 0 radical (unpaired) electrons. The van der Waals surface area contributed by atoms with Gasteiger partial charge in [0, 0.05) is 5.39 Å². The normalized spacial score (nSPS) is 11.1. The van der Waals surface area contributed by atoms with Gasteiger partial charge >= 0.3 is 5.97 Å². The highest BCUT2D eigenvalue weighted by atomic mass is 32.2. The first kappa shape index (κ1) is 14.0. The molecule has 0 N–H and O–H groups in total. The molecule has 1 aromatic heterocycles. The van der Waals surface area contributed by atoms with E-state index in [0.29, 0.717) is 12.4 Å². The smallest absolute Gasteiger partial charge is 0.313 e. The van der Waals surface area contributed by atoms with Crippen LogP contribution in [0.4, 0.5) is 0 Å². The van der Waals surface area contributed by atoms with Crippen molar-refractivity contribution in [3.8, 4) is 0 Å². The summed E-state index contributed by atoms with van der Waals surface area (Å²) in [4.78, 5) is 12.8. The Balaban J connectivity index is 2.18. The lowest BCUT2D eigenvalue weighted by Crippen LogP contribution is -2.07. The zero-order valence-corrected chi connectivity index (χ0v) is 12.8. The molecule has 0 amide bonds. The van der Waals surface area contributed by atoms with Gasteiger partial charge in [0.1, 0.15) is 17.8 Å². The third-order valence-electron chi connectivity index (χ3n) is 3.42. The summed E-state index contributed by atoms with van der Waals surface area (Å²) in [5.41, 5.74) is 0.817. The van der Waals surface area contributed by atoms with Crippen LogP contribution < -0.4 is 0 Å². The summed E-state index contributed by atoms with van der Waals surface area (Å²) in [5.74, 6) is 0.434. The van der Waals surface area contributed by atoms with Gasteiger partial charge in [0.25, 0.3) is 0 Å². The van der Waals surface area contributed by atoms with Crippen LogP contribution in [0.3, 0.4) is 0 Å². The van der Waals surface area contributed by atoms with Crippen LogP contribution in [0.2, 0.25) is 0 Å². The Kier molecular flexibility index (Phi) is 3.88. The minimum absolute atomic E-state index is 0.174. The van der Waals surface area contributed by atoms with Gasteiger partial charge in [-0.25, -0.2) is 0 Å². The van der Waals surface area contributed by atoms with E-state index in [2.05, 4.69) is 12.1 Å². The van der Waals surface area contributed by atoms with Crippen molar-refractivity contribution < 1.29 is 13.9 Å². The van der Waals surface area contributed by atoms with Crippen LogP contribution >= 0.6 is 11.8 Å². The van der Waals surface area contributed by atoms with Crippen molar-refractivity contribution in [2.45, 2.75) is 18.2 Å². The number of furan rings is 1. The lowest BCUT2D eigenvalue weighted by Gasteiger charge is -2.02. The maximum absolute atomic E-state index is 11.7. The summed E-state index contributed by atoms with van der Waals surface area (Å²) in [6, 6.07) is 12.2. The van der Waals surface area contributed by atoms with E-state index >= 15 is 0 Å². The number of fused-ring (bicyclic) bond motifs is 3. The molecule has 0 saturated heterocycles. The number of benzene rings is 2. The van der Waals surface area contributed by atoms with Crippen LogP contribution in [-0.2, 0) is 16.0 Å². The van der Waals surface area contributed by atoms with E-state index in [4.69, 9.17) is 9.15 Å². The predicted molar refractivity (Wildman–Crippen MR) is 85.8 cm³/mol. The molecule has 3 rings (SSSR count). The number of carbonyl (C=O) groups excluding carboxylic acids is 1. The summed E-state index contributed by atoms with van der Waals surface area (Å²) in [6.45, 7) is 2.19. The average Bonchev–Trinajstić information content (AvgIpc) is 2.84. The van der Waals surface area contributed by atoms with Crippen molar-refractivity contribution in [3.05, 3.63) is 42.2 Å². The minimum Gasteiger partial charge on any atom is -0.466 e. The molecular weight excluding hydrogens is 284 g/mol. The van der Waals surface area contributed by atoms with E-state index in [-0.39, 0.29) is 12.4 Å². The molecule has 3 nitrogen and oxygen atoms in total. The molecule has 0 aliphatic rings. The summed E-state index contributed by atoms with van der Waals surface area (Å²) in [5, 5.41) is 3.40. The fourth-order valence-corrected chi connectivity index (χ4v) is 3.32. The molecule has 2 aromatic carbocycles. The molecule has 0 fully saturated rings. The number of rotatable bonds is 4. The van der Waals surface area contributed by atoms with Gasteiger partial charge in [-0.1, -0.05) is 30.3 Å². The van der Waals surface area contributed by atoms with Crippen LogP contribution in [0.1, 0.15) is 12.7 Å². The molecule has 0 bridgehead atoms. The summed E-state index contributed by atoms with van der Waals surface area (Å²) < 4.78 is 10.9. The Morgan fingerprint density at radius 1 is 1.24 bits per heavy atom. The van der Waals surface area contributed by atoms with Crippen LogP contribution in [0.5, 0.6) is 0 Å². The van der Waals surface area contributed by atoms with E-state index in [9.17, 15) is 4.79 Å². The van der Waals surface area contributed by atoms with E-state index in [0.717, 1.165) is 21.3 Å². The van der Waals surface area contributed by atoms with Gasteiger partial charge in [0.15, 0.2) is 0 Å². The van der Waals surface area contributed by atoms with Gasteiger partial charge < -0.3 is 9.15 Å². The molecule has 0 aliphatic carbocycles. The van der Waals surface area contributed by atoms with Crippen LogP contribution in [-0.4, -0.2) is 18.8 Å². The monoisotopic (exact) mass is 300 g/mol. The summed E-state index contributed by atoms with van der Waals surface area (Å²) in [7, 11) is 0. The molecule has 1 heterocycles. The van der Waals surface area contributed by atoms with Crippen molar-refractivity contribution in [2.24, 2.45) is 0 Å². The maximum Gasteiger partial charge on any atom is 0.313 e. The number of ether oxygens (including phenoxy) is 1. The molecule has 0 saturated carbocycles. The third-order valence-corrected chi connectivity index (χ3v) is 4.26. The van der Waals surface area contributed by atoms with Gasteiger partial charge in [-0.15, -0.1) is 11.8 Å². The largest absolute Gasteiger partial charge is 0.466 e. The van der Waals surface area contributed by atoms with Gasteiger partial charge in [0.05, 0.1) is 11.5 Å². The topological polar surface area (TPSA) is 39.4 Å². The SMILES string of the molecule is CCOC(=O)Cc1oc2ccc3ccccc3c2c1SC. The fourth-order valence-electron chi connectivity index (χ4n) is 2.56. The van der Waals surface area contributed by atoms with E-state index in [1.54, 1.807) is 18.7 Å². The lowest BCUT2D eigenvalue weighted by molar-refractivity contribution is -0.142. The second-order valence-electron chi connectivity index (χ2n) is 4.70. The van der Waals surface area contributed by atoms with E-state index in [1.807, 2.05) is 30.5 Å². The first-order valence-electron chi connectivity index (χ1n) is 6.87. The Morgan fingerprint density at radius 3 is 2.81 bits per heavy atom. The molecule has 0 atom stereocenters. The van der Waals surface area contributed by atoms with Crippen LogP contribution in [0.25, 0.3) is 21.7 Å². The van der Waals surface area contributed by atoms with Crippen molar-refractivity contribution in [2.75, 3.05) is 12.9 Å². The molecular formula is C17H16O3S. The molecule has 0 spiro atoms. The zero-order chi connectivity index (χ0) is 14.8.